The Hall–Kier alpha value is -2.43. The van der Waals surface area contributed by atoms with E-state index in [0.29, 0.717) is 5.69 Å². The van der Waals surface area contributed by atoms with Gasteiger partial charge in [-0.15, -0.1) is 0 Å². The predicted molar refractivity (Wildman–Crippen MR) is 77.4 cm³/mol. The molecule has 0 bridgehead atoms. The first-order chi connectivity index (χ1) is 10.0. The first kappa shape index (κ1) is 15.0. The summed E-state index contributed by atoms with van der Waals surface area (Å²) >= 11 is 0. The number of halogens is 1. The van der Waals surface area contributed by atoms with E-state index in [-0.39, 0.29) is 17.0 Å². The smallest absolute Gasteiger partial charge is 0.263 e. The minimum Gasteiger partial charge on any atom is -0.320 e. The van der Waals surface area contributed by atoms with E-state index in [1.54, 1.807) is 0 Å². The molecule has 0 spiro atoms. The van der Waals surface area contributed by atoms with Crippen molar-refractivity contribution in [3.05, 3.63) is 54.1 Å². The topological polar surface area (TPSA) is 85.1 Å². The number of aromatic nitrogens is 1. The normalized spacial score (nSPS) is 10.6. The Morgan fingerprint density at radius 3 is 2.62 bits per heavy atom. The second-order valence-electron chi connectivity index (χ2n) is 3.99. The molecule has 3 N–H and O–H groups in total. The Labute approximate surface area is 122 Å². The van der Waals surface area contributed by atoms with Crippen molar-refractivity contribution in [3.8, 4) is 11.8 Å². The molecule has 1 heterocycles. The molecule has 0 saturated carbocycles. The first-order valence-electron chi connectivity index (χ1n) is 5.94. The van der Waals surface area contributed by atoms with Crippen LogP contribution in [0.5, 0.6) is 0 Å². The van der Waals surface area contributed by atoms with Gasteiger partial charge in [-0.3, -0.25) is 9.71 Å². The van der Waals surface area contributed by atoms with Crippen molar-refractivity contribution in [1.82, 2.24) is 4.98 Å². The van der Waals surface area contributed by atoms with Gasteiger partial charge in [0.2, 0.25) is 0 Å². The third-order valence-electron chi connectivity index (χ3n) is 2.49. The number of anilines is 1. The van der Waals surface area contributed by atoms with Crippen molar-refractivity contribution < 1.29 is 12.8 Å². The molecule has 0 aliphatic carbocycles. The van der Waals surface area contributed by atoms with Gasteiger partial charge >= 0.3 is 0 Å². The van der Waals surface area contributed by atoms with Crippen LogP contribution in [0.1, 0.15) is 5.56 Å². The summed E-state index contributed by atoms with van der Waals surface area (Å²) in [4.78, 5) is 3.69. The number of nitrogens with zero attached hydrogens (tertiary/aromatic N) is 1. The van der Waals surface area contributed by atoms with E-state index in [2.05, 4.69) is 21.5 Å². The standard InChI is InChI=1S/C14H12FN3O2S/c15-12-3-4-14(11(10-12)2-1-7-16)21(19,20)18-13-5-8-17-9-6-13/h3-6,8-10H,7,16H2,(H,17,18). The monoisotopic (exact) mass is 305 g/mol. The molecule has 0 amide bonds. The van der Waals surface area contributed by atoms with E-state index in [4.69, 9.17) is 5.73 Å². The number of hydrogen-bond donors (Lipinski definition) is 2. The number of hydrogen-bond acceptors (Lipinski definition) is 4. The van der Waals surface area contributed by atoms with Crippen LogP contribution in [-0.2, 0) is 10.0 Å². The minimum atomic E-state index is -3.88. The summed E-state index contributed by atoms with van der Waals surface area (Å²) in [6, 6.07) is 6.30. The summed E-state index contributed by atoms with van der Waals surface area (Å²) in [7, 11) is -3.88. The molecule has 0 saturated heterocycles. The molecular weight excluding hydrogens is 293 g/mol. The summed E-state index contributed by atoms with van der Waals surface area (Å²) in [5, 5.41) is 0. The van der Waals surface area contributed by atoms with Gasteiger partial charge in [0.05, 0.1) is 12.2 Å². The van der Waals surface area contributed by atoms with Crippen molar-refractivity contribution in [1.29, 1.82) is 0 Å². The number of sulfonamides is 1. The Balaban J connectivity index is 2.45. The molecule has 5 nitrogen and oxygen atoms in total. The van der Waals surface area contributed by atoms with Crippen LogP contribution < -0.4 is 10.5 Å². The molecule has 0 aliphatic rings. The molecule has 108 valence electrons. The molecular formula is C14H12FN3O2S. The largest absolute Gasteiger partial charge is 0.320 e. The third-order valence-corrected chi connectivity index (χ3v) is 3.93. The molecule has 7 heteroatoms. The molecule has 0 atom stereocenters. The van der Waals surface area contributed by atoms with Crippen LogP contribution in [0.3, 0.4) is 0 Å². The van der Waals surface area contributed by atoms with Crippen LogP contribution >= 0.6 is 0 Å². The highest BCUT2D eigenvalue weighted by Gasteiger charge is 2.18. The first-order valence-corrected chi connectivity index (χ1v) is 7.42. The van der Waals surface area contributed by atoms with Gasteiger partial charge in [0.15, 0.2) is 0 Å². The molecule has 2 aromatic rings. The van der Waals surface area contributed by atoms with Crippen molar-refractivity contribution in [3.63, 3.8) is 0 Å². The van der Waals surface area contributed by atoms with Crippen molar-refractivity contribution in [2.24, 2.45) is 5.73 Å². The molecule has 21 heavy (non-hydrogen) atoms. The van der Waals surface area contributed by atoms with Gasteiger partial charge in [0.1, 0.15) is 10.7 Å². The zero-order valence-corrected chi connectivity index (χ0v) is 11.7. The Kier molecular flexibility index (Phi) is 4.52. The molecule has 0 unspecified atom stereocenters. The number of nitrogens with two attached hydrogens (primary N) is 1. The van der Waals surface area contributed by atoms with E-state index in [1.807, 2.05) is 0 Å². The number of benzene rings is 1. The zero-order chi connectivity index (χ0) is 15.3. The lowest BCUT2D eigenvalue weighted by Gasteiger charge is -2.09. The van der Waals surface area contributed by atoms with Crippen LogP contribution in [-0.4, -0.2) is 19.9 Å². The number of pyridine rings is 1. The van der Waals surface area contributed by atoms with Gasteiger partial charge in [-0.1, -0.05) is 11.8 Å². The van der Waals surface area contributed by atoms with E-state index in [1.165, 1.54) is 30.6 Å². The van der Waals surface area contributed by atoms with Crippen LogP contribution in [0, 0.1) is 17.7 Å². The maximum atomic E-state index is 13.3. The van der Waals surface area contributed by atoms with Crippen LogP contribution in [0.25, 0.3) is 0 Å². The van der Waals surface area contributed by atoms with Gasteiger partial charge < -0.3 is 5.73 Å². The second-order valence-corrected chi connectivity index (χ2v) is 5.64. The quantitative estimate of drug-likeness (QED) is 0.838. The molecule has 0 radical (unpaired) electrons. The summed E-state index contributed by atoms with van der Waals surface area (Å²) in [6.45, 7) is 0.0494. The van der Waals surface area contributed by atoms with Gasteiger partial charge in [-0.25, -0.2) is 12.8 Å². The molecule has 0 fully saturated rings. The summed E-state index contributed by atoms with van der Waals surface area (Å²) in [6.07, 6.45) is 2.91. The van der Waals surface area contributed by atoms with Gasteiger partial charge in [-0.2, -0.15) is 0 Å². The molecule has 2 rings (SSSR count). The zero-order valence-electron chi connectivity index (χ0n) is 10.9. The lowest BCUT2D eigenvalue weighted by Crippen LogP contribution is -2.14. The Morgan fingerprint density at radius 1 is 1.24 bits per heavy atom. The van der Waals surface area contributed by atoms with E-state index >= 15 is 0 Å². The van der Waals surface area contributed by atoms with Crippen molar-refractivity contribution in [2.75, 3.05) is 11.3 Å². The van der Waals surface area contributed by atoms with Crippen molar-refractivity contribution in [2.45, 2.75) is 4.90 Å². The summed E-state index contributed by atoms with van der Waals surface area (Å²) in [5.74, 6) is 4.51. The van der Waals surface area contributed by atoms with Gasteiger partial charge in [0, 0.05) is 18.0 Å². The fraction of sp³-hybridized carbons (Fsp3) is 0.0714. The highest BCUT2D eigenvalue weighted by molar-refractivity contribution is 7.92. The molecule has 1 aromatic carbocycles. The minimum absolute atomic E-state index is 0.0494. The summed E-state index contributed by atoms with van der Waals surface area (Å²) < 4.78 is 40.3. The van der Waals surface area contributed by atoms with Crippen LogP contribution in [0.2, 0.25) is 0 Å². The average molecular weight is 305 g/mol. The van der Waals surface area contributed by atoms with Crippen LogP contribution in [0.15, 0.2) is 47.6 Å². The highest BCUT2D eigenvalue weighted by Crippen LogP contribution is 2.19. The SMILES string of the molecule is NCC#Cc1cc(F)ccc1S(=O)(=O)Nc1ccncc1. The highest BCUT2D eigenvalue weighted by atomic mass is 32.2. The Bertz CT molecular complexity index is 796. The molecule has 0 aliphatic heterocycles. The second kappa shape index (κ2) is 6.35. The van der Waals surface area contributed by atoms with Crippen molar-refractivity contribution >= 4 is 15.7 Å². The number of rotatable bonds is 3. The molecule has 1 aromatic heterocycles. The fourth-order valence-corrected chi connectivity index (χ4v) is 2.81. The maximum absolute atomic E-state index is 13.3. The average Bonchev–Trinajstić information content (AvgIpc) is 2.45. The summed E-state index contributed by atoms with van der Waals surface area (Å²) in [5.41, 5.74) is 5.67. The van der Waals surface area contributed by atoms with Gasteiger partial charge in [0.25, 0.3) is 10.0 Å². The van der Waals surface area contributed by atoms with E-state index in [9.17, 15) is 12.8 Å². The lowest BCUT2D eigenvalue weighted by molar-refractivity contribution is 0.599. The predicted octanol–water partition coefficient (Wildman–Crippen LogP) is 1.33. The maximum Gasteiger partial charge on any atom is 0.263 e. The van der Waals surface area contributed by atoms with Gasteiger partial charge in [-0.05, 0) is 30.3 Å². The fourth-order valence-electron chi connectivity index (χ4n) is 1.61. The Morgan fingerprint density at radius 2 is 1.95 bits per heavy atom. The van der Waals surface area contributed by atoms with E-state index in [0.717, 1.165) is 12.1 Å². The number of nitrogens with one attached hydrogen (secondary N) is 1. The third kappa shape index (κ3) is 3.78. The van der Waals surface area contributed by atoms with E-state index < -0.39 is 15.8 Å². The van der Waals surface area contributed by atoms with Crippen LogP contribution in [0.4, 0.5) is 10.1 Å². The lowest BCUT2D eigenvalue weighted by atomic mass is 10.2.